The smallest absolute Gasteiger partial charge is 0.251 e. The molecule has 3 rings (SSSR count). The van der Waals surface area contributed by atoms with Crippen molar-refractivity contribution in [3.05, 3.63) is 0 Å². The van der Waals surface area contributed by atoms with E-state index >= 15 is 0 Å². The van der Waals surface area contributed by atoms with Crippen LogP contribution in [0.25, 0.3) is 0 Å². The third-order valence-electron chi connectivity index (χ3n) is 5.39. The van der Waals surface area contributed by atoms with Gasteiger partial charge < -0.3 is 5.32 Å². The van der Waals surface area contributed by atoms with Crippen LogP contribution in [-0.4, -0.2) is 75.5 Å². The molecule has 0 aromatic carbocycles. The van der Waals surface area contributed by atoms with Crippen LogP contribution in [-0.2, 0) is 4.79 Å². The molecule has 2 aliphatic heterocycles. The average molecular weight is 374 g/mol. The van der Waals surface area contributed by atoms with Gasteiger partial charge in [0.15, 0.2) is 5.11 Å². The summed E-state index contributed by atoms with van der Waals surface area (Å²) in [5.74, 6) is 3.62. The second-order valence-corrected chi connectivity index (χ2v) is 9.34. The average Bonchev–Trinajstić information content (AvgIpc) is 3.15. The van der Waals surface area contributed by atoms with Crippen molar-refractivity contribution in [1.29, 1.82) is 0 Å². The molecule has 3 aliphatic rings. The lowest BCUT2D eigenvalue weighted by molar-refractivity contribution is -0.128. The van der Waals surface area contributed by atoms with Crippen LogP contribution in [0.5, 0.6) is 0 Å². The zero-order chi connectivity index (χ0) is 16.3. The highest BCUT2D eigenvalue weighted by Gasteiger charge is 2.45. The minimum Gasteiger partial charge on any atom is -0.350 e. The number of carbonyl (C=O) groups excluding carboxylic acids is 1. The van der Waals surface area contributed by atoms with Gasteiger partial charge in [0, 0.05) is 36.7 Å². The van der Waals surface area contributed by atoms with Gasteiger partial charge in [0.25, 0.3) is 5.91 Å². The first-order valence-electron chi connectivity index (χ1n) is 8.60. The molecule has 23 heavy (non-hydrogen) atoms. The fraction of sp³-hybridized carbons (Fsp3) is 0.875. The molecule has 0 bridgehead atoms. The Labute approximate surface area is 153 Å². The quantitative estimate of drug-likeness (QED) is 0.719. The van der Waals surface area contributed by atoms with Gasteiger partial charge in [0.1, 0.15) is 6.04 Å². The van der Waals surface area contributed by atoms with Crippen LogP contribution in [0.3, 0.4) is 0 Å². The summed E-state index contributed by atoms with van der Waals surface area (Å²) in [6.07, 6.45) is 7.92. The van der Waals surface area contributed by atoms with E-state index in [4.69, 9.17) is 12.2 Å². The number of hydrogen-bond donors (Lipinski definition) is 1. The summed E-state index contributed by atoms with van der Waals surface area (Å²) >= 11 is 9.33. The molecule has 2 heterocycles. The van der Waals surface area contributed by atoms with E-state index in [1.54, 1.807) is 11.8 Å². The highest BCUT2D eigenvalue weighted by Crippen LogP contribution is 2.38. The van der Waals surface area contributed by atoms with Crippen LogP contribution in [0, 0.1) is 0 Å². The maximum atomic E-state index is 12.8. The van der Waals surface area contributed by atoms with Gasteiger partial charge in [-0.2, -0.15) is 23.5 Å². The van der Waals surface area contributed by atoms with Crippen LogP contribution < -0.4 is 5.32 Å². The lowest BCUT2D eigenvalue weighted by Gasteiger charge is -2.45. The highest BCUT2D eigenvalue weighted by molar-refractivity contribution is 7.99. The Kier molecular flexibility index (Phi) is 6.15. The molecule has 0 spiro atoms. The van der Waals surface area contributed by atoms with Gasteiger partial charge in [-0.05, 0) is 43.5 Å². The Morgan fingerprint density at radius 3 is 2.70 bits per heavy atom. The Morgan fingerprint density at radius 2 is 2.04 bits per heavy atom. The predicted octanol–water partition coefficient (Wildman–Crippen LogP) is 2.19. The zero-order valence-corrected chi connectivity index (χ0v) is 16.3. The lowest BCUT2D eigenvalue weighted by atomic mass is 9.93. The van der Waals surface area contributed by atoms with E-state index in [2.05, 4.69) is 16.5 Å². The molecule has 1 saturated carbocycles. The summed E-state index contributed by atoms with van der Waals surface area (Å²) < 4.78 is 0. The Hall–Kier alpha value is 0.0200. The first kappa shape index (κ1) is 17.8. The van der Waals surface area contributed by atoms with Gasteiger partial charge in [0.05, 0.1) is 0 Å². The van der Waals surface area contributed by atoms with E-state index in [1.165, 1.54) is 37.2 Å². The van der Waals surface area contributed by atoms with Crippen molar-refractivity contribution in [2.75, 3.05) is 43.1 Å². The van der Waals surface area contributed by atoms with Crippen LogP contribution in [0.15, 0.2) is 0 Å². The predicted molar refractivity (Wildman–Crippen MR) is 104 cm³/mol. The third kappa shape index (κ3) is 3.83. The molecule has 0 aromatic heterocycles. The number of rotatable bonds is 6. The largest absolute Gasteiger partial charge is 0.350 e. The fourth-order valence-electron chi connectivity index (χ4n) is 4.10. The maximum Gasteiger partial charge on any atom is 0.251 e. The fourth-order valence-corrected chi connectivity index (χ4v) is 5.77. The summed E-state index contributed by atoms with van der Waals surface area (Å²) in [4.78, 5) is 17.3. The number of nitrogens with zero attached hydrogens (tertiary/aromatic N) is 2. The van der Waals surface area contributed by atoms with E-state index < -0.39 is 0 Å². The molecule has 0 aromatic rings. The second kappa shape index (κ2) is 7.93. The van der Waals surface area contributed by atoms with Crippen molar-refractivity contribution in [3.8, 4) is 0 Å². The molecular weight excluding hydrogens is 346 g/mol. The van der Waals surface area contributed by atoms with Gasteiger partial charge in [-0.3, -0.25) is 14.6 Å². The minimum atomic E-state index is -0.106. The molecule has 7 heteroatoms. The number of carbonyl (C=O) groups is 1. The van der Waals surface area contributed by atoms with Crippen molar-refractivity contribution in [2.45, 2.75) is 43.7 Å². The number of hydrogen-bond acceptors (Lipinski definition) is 5. The van der Waals surface area contributed by atoms with Crippen LogP contribution in [0.1, 0.15) is 32.1 Å². The van der Waals surface area contributed by atoms with E-state index in [0.29, 0.717) is 5.11 Å². The number of thiocarbonyl (C=S) groups is 1. The van der Waals surface area contributed by atoms with Crippen molar-refractivity contribution in [3.63, 3.8) is 0 Å². The first-order valence-corrected chi connectivity index (χ1v) is 11.6. The normalized spacial score (nSPS) is 28.4. The standard InChI is InChI=1S/C16H27N3OS3/c1-22-9-4-13-14(20)19(15(21)17-13)12-16(5-2-3-6-16)18-7-10-23-11-8-18/h13H,2-12H2,1H3,(H,17,21)/t13-/m1/s1. The van der Waals surface area contributed by atoms with Gasteiger partial charge in [0.2, 0.25) is 0 Å². The Balaban J connectivity index is 1.70. The molecule has 0 radical (unpaired) electrons. The molecule has 1 amide bonds. The summed E-state index contributed by atoms with van der Waals surface area (Å²) in [6, 6.07) is -0.106. The lowest BCUT2D eigenvalue weighted by Crippen LogP contribution is -2.57. The molecule has 1 atom stereocenters. The number of amides is 1. The Morgan fingerprint density at radius 1 is 1.35 bits per heavy atom. The van der Waals surface area contributed by atoms with Gasteiger partial charge >= 0.3 is 0 Å². The third-order valence-corrected chi connectivity index (χ3v) is 7.31. The molecule has 130 valence electrons. The van der Waals surface area contributed by atoms with Gasteiger partial charge in [-0.1, -0.05) is 12.8 Å². The second-order valence-electron chi connectivity index (χ2n) is 6.74. The van der Waals surface area contributed by atoms with E-state index in [9.17, 15) is 4.79 Å². The van der Waals surface area contributed by atoms with Crippen molar-refractivity contribution in [1.82, 2.24) is 15.1 Å². The summed E-state index contributed by atoms with van der Waals surface area (Å²) in [6.45, 7) is 3.10. The van der Waals surface area contributed by atoms with Crippen LogP contribution >= 0.6 is 35.7 Å². The monoisotopic (exact) mass is 373 g/mol. The molecule has 3 fully saturated rings. The van der Waals surface area contributed by atoms with E-state index in [1.807, 2.05) is 16.7 Å². The topological polar surface area (TPSA) is 35.6 Å². The summed E-state index contributed by atoms with van der Waals surface area (Å²) in [7, 11) is 0. The van der Waals surface area contributed by atoms with Crippen molar-refractivity contribution >= 4 is 46.8 Å². The molecule has 1 aliphatic carbocycles. The zero-order valence-electron chi connectivity index (χ0n) is 13.9. The summed E-state index contributed by atoms with van der Waals surface area (Å²) in [5, 5.41) is 3.91. The van der Waals surface area contributed by atoms with Gasteiger partial charge in [-0.25, -0.2) is 0 Å². The summed E-state index contributed by atoms with van der Waals surface area (Å²) in [5.41, 5.74) is 0.163. The molecule has 4 nitrogen and oxygen atoms in total. The maximum absolute atomic E-state index is 12.8. The molecular formula is C16H27N3OS3. The van der Waals surface area contributed by atoms with Gasteiger partial charge in [-0.15, -0.1) is 0 Å². The van der Waals surface area contributed by atoms with Crippen molar-refractivity contribution in [2.24, 2.45) is 0 Å². The number of thioether (sulfide) groups is 2. The van der Waals surface area contributed by atoms with E-state index in [-0.39, 0.29) is 17.5 Å². The minimum absolute atomic E-state index is 0.106. The molecule has 0 unspecified atom stereocenters. The highest BCUT2D eigenvalue weighted by atomic mass is 32.2. The van der Waals surface area contributed by atoms with Crippen molar-refractivity contribution < 1.29 is 4.79 Å². The Bertz CT molecular complexity index is 448. The van der Waals surface area contributed by atoms with E-state index in [0.717, 1.165) is 31.8 Å². The van der Waals surface area contributed by atoms with Crippen LogP contribution in [0.4, 0.5) is 0 Å². The number of nitrogens with one attached hydrogen (secondary N) is 1. The van der Waals surface area contributed by atoms with Crippen LogP contribution in [0.2, 0.25) is 0 Å². The first-order chi connectivity index (χ1) is 11.2. The SMILES string of the molecule is CSCC[C@H]1NC(=S)N(CC2(N3CCSCC3)CCCC2)C1=O. The molecule has 1 N–H and O–H groups in total. The molecule has 2 saturated heterocycles.